The monoisotopic (exact) mass is 226 g/mol. The predicted molar refractivity (Wildman–Crippen MR) is 63.5 cm³/mol. The Morgan fingerprint density at radius 3 is 2.27 bits per heavy atom. The molecule has 0 aromatic rings. The molecule has 0 atom stereocenters. The first-order valence-corrected chi connectivity index (χ1v) is 6.08. The summed E-state index contributed by atoms with van der Waals surface area (Å²) in [5.41, 5.74) is 5.18. The van der Waals surface area contributed by atoms with Crippen molar-refractivity contribution >= 4 is 23.1 Å². The van der Waals surface area contributed by atoms with Crippen molar-refractivity contribution in [2.45, 2.75) is 51.0 Å². The van der Waals surface area contributed by atoms with E-state index < -0.39 is 5.41 Å². The van der Waals surface area contributed by atoms with Crippen molar-refractivity contribution in [3.8, 4) is 0 Å². The highest BCUT2D eigenvalue weighted by molar-refractivity contribution is 7.80. The van der Waals surface area contributed by atoms with Gasteiger partial charge in [0.15, 0.2) is 0 Å². The molecular formula is C11H18N2OS. The normalized spacial score (nSPS) is 25.1. The summed E-state index contributed by atoms with van der Waals surface area (Å²) in [4.78, 5) is 12.4. The summed E-state index contributed by atoms with van der Waals surface area (Å²) in [7, 11) is 0. The number of thiocarbonyl (C=S) groups is 1. The van der Waals surface area contributed by atoms with Gasteiger partial charge >= 0.3 is 0 Å². The molecule has 15 heavy (non-hydrogen) atoms. The summed E-state index contributed by atoms with van der Waals surface area (Å²) < 4.78 is 0. The molecule has 0 aliphatic heterocycles. The summed E-state index contributed by atoms with van der Waals surface area (Å²) in [6, 6.07) is 0. The Bertz CT molecular complexity index is 300. The van der Waals surface area contributed by atoms with E-state index in [9.17, 15) is 4.79 Å². The lowest BCUT2D eigenvalue weighted by atomic mass is 9.74. The number of nitrogens with one attached hydrogen (secondary N) is 1. The maximum Gasteiger partial charge on any atom is 0.233 e. The van der Waals surface area contributed by atoms with Gasteiger partial charge in [-0.3, -0.25) is 4.79 Å². The van der Waals surface area contributed by atoms with Gasteiger partial charge in [-0.05, 0) is 38.5 Å². The Kier molecular flexibility index (Phi) is 2.49. The highest BCUT2D eigenvalue weighted by Gasteiger charge is 2.54. The van der Waals surface area contributed by atoms with Crippen molar-refractivity contribution in [1.29, 1.82) is 0 Å². The van der Waals surface area contributed by atoms with E-state index in [1.807, 2.05) is 0 Å². The molecule has 2 fully saturated rings. The minimum Gasteiger partial charge on any atom is -0.392 e. The zero-order chi connectivity index (χ0) is 11.1. The molecule has 3 N–H and O–H groups in total. The smallest absolute Gasteiger partial charge is 0.233 e. The van der Waals surface area contributed by atoms with Crippen LogP contribution in [-0.2, 0) is 4.79 Å². The summed E-state index contributed by atoms with van der Waals surface area (Å²) in [5.74, 6) is 0.0663. The molecule has 0 heterocycles. The minimum atomic E-state index is -0.493. The molecule has 0 aromatic heterocycles. The first-order chi connectivity index (χ1) is 7.05. The van der Waals surface area contributed by atoms with Crippen LogP contribution < -0.4 is 11.1 Å². The fourth-order valence-electron chi connectivity index (χ4n) is 2.24. The molecule has 0 radical (unpaired) electrons. The van der Waals surface area contributed by atoms with Gasteiger partial charge in [-0.1, -0.05) is 19.1 Å². The second-order valence-electron chi connectivity index (χ2n) is 4.89. The molecular weight excluding hydrogens is 208 g/mol. The van der Waals surface area contributed by atoms with Crippen LogP contribution >= 0.6 is 12.2 Å². The molecule has 0 unspecified atom stereocenters. The first-order valence-electron chi connectivity index (χ1n) is 5.67. The second kappa shape index (κ2) is 3.44. The predicted octanol–water partition coefficient (Wildman–Crippen LogP) is 1.50. The fourth-order valence-corrected chi connectivity index (χ4v) is 2.54. The van der Waals surface area contributed by atoms with E-state index in [2.05, 4.69) is 12.2 Å². The van der Waals surface area contributed by atoms with E-state index in [1.165, 1.54) is 6.42 Å². The number of amides is 1. The van der Waals surface area contributed by atoms with E-state index in [0.717, 1.165) is 32.1 Å². The third kappa shape index (κ3) is 1.65. The van der Waals surface area contributed by atoms with Gasteiger partial charge < -0.3 is 11.1 Å². The first kappa shape index (κ1) is 10.9. The SMILES string of the molecule is CCC1(NC(=O)C2(C(N)=S)CC2)CCC1. The van der Waals surface area contributed by atoms with Crippen LogP contribution in [0.25, 0.3) is 0 Å². The zero-order valence-electron chi connectivity index (χ0n) is 9.14. The Balaban J connectivity index is 2.01. The lowest BCUT2D eigenvalue weighted by molar-refractivity contribution is -0.127. The van der Waals surface area contributed by atoms with Crippen LogP contribution in [-0.4, -0.2) is 16.4 Å². The lowest BCUT2D eigenvalue weighted by Gasteiger charge is -2.42. The van der Waals surface area contributed by atoms with E-state index in [4.69, 9.17) is 18.0 Å². The van der Waals surface area contributed by atoms with Crippen molar-refractivity contribution in [1.82, 2.24) is 5.32 Å². The third-order valence-corrected chi connectivity index (χ3v) is 4.41. The van der Waals surface area contributed by atoms with Gasteiger partial charge in [0, 0.05) is 5.54 Å². The van der Waals surface area contributed by atoms with Gasteiger partial charge in [0.1, 0.15) is 0 Å². The highest BCUT2D eigenvalue weighted by atomic mass is 32.1. The summed E-state index contributed by atoms with van der Waals surface area (Å²) in [6.45, 7) is 2.12. The Hall–Kier alpha value is -0.640. The topological polar surface area (TPSA) is 55.1 Å². The quantitative estimate of drug-likeness (QED) is 0.714. The maximum atomic E-state index is 12.1. The van der Waals surface area contributed by atoms with Gasteiger partial charge in [0.25, 0.3) is 0 Å². The van der Waals surface area contributed by atoms with Crippen molar-refractivity contribution in [2.75, 3.05) is 0 Å². The molecule has 3 nitrogen and oxygen atoms in total. The van der Waals surface area contributed by atoms with Crippen LogP contribution in [0.3, 0.4) is 0 Å². The van der Waals surface area contributed by atoms with Gasteiger partial charge in [0.2, 0.25) is 5.91 Å². The largest absolute Gasteiger partial charge is 0.392 e. The zero-order valence-corrected chi connectivity index (χ0v) is 9.95. The molecule has 4 heteroatoms. The minimum absolute atomic E-state index is 0.0530. The molecule has 0 spiro atoms. The van der Waals surface area contributed by atoms with Gasteiger partial charge in [0.05, 0.1) is 10.4 Å². The number of carbonyl (C=O) groups is 1. The van der Waals surface area contributed by atoms with Gasteiger partial charge in [-0.15, -0.1) is 0 Å². The Morgan fingerprint density at radius 2 is 2.00 bits per heavy atom. The third-order valence-electron chi connectivity index (χ3n) is 4.02. The summed E-state index contributed by atoms with van der Waals surface area (Å²) >= 11 is 4.97. The van der Waals surface area contributed by atoms with Crippen LogP contribution in [0.4, 0.5) is 0 Å². The number of hydrogen-bond acceptors (Lipinski definition) is 2. The van der Waals surface area contributed by atoms with Crippen LogP contribution in [0.5, 0.6) is 0 Å². The molecule has 2 rings (SSSR count). The average molecular weight is 226 g/mol. The standard InChI is InChI=1S/C11H18N2OS/c1-2-10(4-3-5-10)13-9(14)11(6-7-11)8(12)15/h2-7H2,1H3,(H2,12,15)(H,13,14). The Morgan fingerprint density at radius 1 is 1.40 bits per heavy atom. The summed E-state index contributed by atoms with van der Waals surface area (Å²) in [6.07, 6.45) is 6.08. The molecule has 0 aromatic carbocycles. The molecule has 2 aliphatic rings. The fraction of sp³-hybridized carbons (Fsp3) is 0.818. The molecule has 0 bridgehead atoms. The molecule has 2 aliphatic carbocycles. The van der Waals surface area contributed by atoms with Crippen LogP contribution in [0, 0.1) is 5.41 Å². The van der Waals surface area contributed by atoms with Crippen molar-refractivity contribution in [2.24, 2.45) is 11.1 Å². The Labute approximate surface area is 95.8 Å². The van der Waals surface area contributed by atoms with Crippen molar-refractivity contribution in [3.05, 3.63) is 0 Å². The van der Waals surface area contributed by atoms with Crippen molar-refractivity contribution < 1.29 is 4.79 Å². The van der Waals surface area contributed by atoms with Crippen LogP contribution in [0.2, 0.25) is 0 Å². The molecule has 2 saturated carbocycles. The highest BCUT2D eigenvalue weighted by Crippen LogP contribution is 2.47. The van der Waals surface area contributed by atoms with Crippen molar-refractivity contribution in [3.63, 3.8) is 0 Å². The number of nitrogens with two attached hydrogens (primary N) is 1. The molecule has 84 valence electrons. The van der Waals surface area contributed by atoms with Crippen LogP contribution in [0.1, 0.15) is 45.4 Å². The van der Waals surface area contributed by atoms with Gasteiger partial charge in [-0.2, -0.15) is 0 Å². The number of hydrogen-bond donors (Lipinski definition) is 2. The summed E-state index contributed by atoms with van der Waals surface area (Å²) in [5, 5.41) is 3.16. The maximum absolute atomic E-state index is 12.1. The van der Waals surface area contributed by atoms with Gasteiger partial charge in [-0.25, -0.2) is 0 Å². The van der Waals surface area contributed by atoms with E-state index in [1.54, 1.807) is 0 Å². The lowest BCUT2D eigenvalue weighted by Crippen LogP contribution is -2.56. The average Bonchev–Trinajstić information content (AvgIpc) is 2.91. The van der Waals surface area contributed by atoms with E-state index >= 15 is 0 Å². The second-order valence-corrected chi connectivity index (χ2v) is 5.33. The number of rotatable bonds is 4. The van der Waals surface area contributed by atoms with E-state index in [0.29, 0.717) is 4.99 Å². The van der Waals surface area contributed by atoms with E-state index in [-0.39, 0.29) is 11.4 Å². The molecule has 0 saturated heterocycles. The van der Waals surface area contributed by atoms with Crippen LogP contribution in [0.15, 0.2) is 0 Å². The molecule has 1 amide bonds. The number of carbonyl (C=O) groups excluding carboxylic acids is 1.